The zero-order valence-electron chi connectivity index (χ0n) is 11.7. The standard InChI is InChI=1S/C16H10F3N2OS/c17-16(18,19)15-20-14(21-22-15)12-7-4-8-13(9-12)23-10-11-5-2-1-3-6-11/h1-7,9H,10H2. The molecule has 0 saturated carbocycles. The Morgan fingerprint density at radius 3 is 2.61 bits per heavy atom. The molecule has 0 saturated heterocycles. The summed E-state index contributed by atoms with van der Waals surface area (Å²) in [4.78, 5) is 4.18. The average Bonchev–Trinajstić information content (AvgIpc) is 3.05. The molecule has 0 amide bonds. The highest BCUT2D eigenvalue weighted by molar-refractivity contribution is 7.98. The van der Waals surface area contributed by atoms with Crippen LogP contribution in [0.25, 0.3) is 11.4 Å². The van der Waals surface area contributed by atoms with Crippen LogP contribution in [0.5, 0.6) is 0 Å². The normalized spacial score (nSPS) is 11.6. The summed E-state index contributed by atoms with van der Waals surface area (Å²) in [7, 11) is 0. The number of nitrogens with zero attached hydrogens (tertiary/aromatic N) is 2. The van der Waals surface area contributed by atoms with E-state index in [1.165, 1.54) is 11.8 Å². The van der Waals surface area contributed by atoms with Crippen LogP contribution < -0.4 is 0 Å². The maximum atomic E-state index is 12.5. The SMILES string of the molecule is FC(F)(F)c1nc(-c2cc[c]c(SCc3ccccc3)c2)no1. The molecular formula is C16H10F3N2OS. The molecule has 2 aromatic carbocycles. The van der Waals surface area contributed by atoms with Gasteiger partial charge in [-0.25, -0.2) is 0 Å². The summed E-state index contributed by atoms with van der Waals surface area (Å²) >= 11 is 1.53. The minimum absolute atomic E-state index is 0.0899. The van der Waals surface area contributed by atoms with Gasteiger partial charge in [0.2, 0.25) is 5.82 Å². The largest absolute Gasteiger partial charge is 0.471 e. The smallest absolute Gasteiger partial charge is 0.329 e. The maximum Gasteiger partial charge on any atom is 0.471 e. The van der Waals surface area contributed by atoms with Crippen molar-refractivity contribution in [2.75, 3.05) is 0 Å². The first-order valence-corrected chi connectivity index (χ1v) is 7.61. The quantitative estimate of drug-likeness (QED) is 0.639. The number of rotatable bonds is 4. The van der Waals surface area contributed by atoms with Gasteiger partial charge in [-0.3, -0.25) is 0 Å². The van der Waals surface area contributed by atoms with E-state index in [1.54, 1.807) is 18.2 Å². The van der Waals surface area contributed by atoms with Gasteiger partial charge in [-0.1, -0.05) is 47.6 Å². The molecule has 0 unspecified atom stereocenters. The van der Waals surface area contributed by atoms with Crippen LogP contribution in [-0.4, -0.2) is 10.1 Å². The molecule has 7 heteroatoms. The van der Waals surface area contributed by atoms with Crippen LogP contribution in [0, 0.1) is 6.07 Å². The molecule has 0 bridgehead atoms. The van der Waals surface area contributed by atoms with Gasteiger partial charge < -0.3 is 4.52 Å². The molecule has 0 N–H and O–H groups in total. The number of halogens is 3. The van der Waals surface area contributed by atoms with Crippen molar-refractivity contribution < 1.29 is 17.7 Å². The van der Waals surface area contributed by atoms with Crippen LogP contribution >= 0.6 is 11.8 Å². The molecule has 0 aliphatic heterocycles. The molecule has 3 nitrogen and oxygen atoms in total. The highest BCUT2D eigenvalue weighted by Crippen LogP contribution is 2.30. The van der Waals surface area contributed by atoms with Crippen LogP contribution in [-0.2, 0) is 11.9 Å². The second-order valence-electron chi connectivity index (χ2n) is 4.64. The molecule has 117 valence electrons. The van der Waals surface area contributed by atoms with Crippen molar-refractivity contribution in [3.63, 3.8) is 0 Å². The van der Waals surface area contributed by atoms with Gasteiger partial charge in [0, 0.05) is 16.2 Å². The van der Waals surface area contributed by atoms with E-state index in [-0.39, 0.29) is 5.82 Å². The van der Waals surface area contributed by atoms with Gasteiger partial charge in [-0.2, -0.15) is 18.2 Å². The highest BCUT2D eigenvalue weighted by atomic mass is 32.2. The van der Waals surface area contributed by atoms with Crippen LogP contribution in [0.15, 0.2) is 57.9 Å². The zero-order chi connectivity index (χ0) is 16.3. The molecule has 3 rings (SSSR count). The van der Waals surface area contributed by atoms with E-state index in [0.29, 0.717) is 5.56 Å². The molecule has 3 aromatic rings. The number of hydrogen-bond acceptors (Lipinski definition) is 4. The molecule has 1 heterocycles. The second-order valence-corrected chi connectivity index (χ2v) is 5.65. The number of aromatic nitrogens is 2. The fraction of sp³-hybridized carbons (Fsp3) is 0.125. The highest BCUT2D eigenvalue weighted by Gasteiger charge is 2.38. The summed E-state index contributed by atoms with van der Waals surface area (Å²) in [5.74, 6) is -0.701. The lowest BCUT2D eigenvalue weighted by molar-refractivity contribution is -0.159. The lowest BCUT2D eigenvalue weighted by atomic mass is 10.2. The Labute approximate surface area is 134 Å². The first kappa shape index (κ1) is 15.6. The van der Waals surface area contributed by atoms with E-state index >= 15 is 0 Å². The Morgan fingerprint density at radius 1 is 1.13 bits per heavy atom. The van der Waals surface area contributed by atoms with Crippen molar-refractivity contribution in [3.05, 3.63) is 66.1 Å². The Balaban J connectivity index is 1.76. The first-order chi connectivity index (χ1) is 11.0. The third-order valence-electron chi connectivity index (χ3n) is 2.94. The Morgan fingerprint density at radius 2 is 1.91 bits per heavy atom. The summed E-state index contributed by atoms with van der Waals surface area (Å²) in [6.07, 6.45) is -4.64. The molecular weight excluding hydrogens is 325 g/mol. The summed E-state index contributed by atoms with van der Waals surface area (Å²) in [5, 5.41) is 3.38. The van der Waals surface area contributed by atoms with Crippen molar-refractivity contribution in [1.82, 2.24) is 10.1 Å². The van der Waals surface area contributed by atoms with E-state index in [9.17, 15) is 13.2 Å². The van der Waals surface area contributed by atoms with Gasteiger partial charge in [0.25, 0.3) is 0 Å². The number of benzene rings is 2. The number of hydrogen-bond donors (Lipinski definition) is 0. The van der Waals surface area contributed by atoms with E-state index in [2.05, 4.69) is 20.7 Å². The van der Waals surface area contributed by atoms with Gasteiger partial charge in [0.15, 0.2) is 0 Å². The van der Waals surface area contributed by atoms with Crippen molar-refractivity contribution in [2.24, 2.45) is 0 Å². The molecule has 0 spiro atoms. The summed E-state index contributed by atoms with van der Waals surface area (Å²) in [5.41, 5.74) is 1.61. The van der Waals surface area contributed by atoms with Gasteiger partial charge in [-0.15, -0.1) is 11.8 Å². The Kier molecular flexibility index (Phi) is 4.38. The maximum absolute atomic E-state index is 12.5. The molecule has 0 aliphatic rings. The average molecular weight is 335 g/mol. The molecule has 23 heavy (non-hydrogen) atoms. The zero-order valence-corrected chi connectivity index (χ0v) is 12.5. The molecule has 0 aliphatic carbocycles. The third-order valence-corrected chi connectivity index (χ3v) is 3.96. The molecule has 1 aromatic heterocycles. The van der Waals surface area contributed by atoms with Crippen molar-refractivity contribution >= 4 is 11.8 Å². The monoisotopic (exact) mass is 335 g/mol. The molecule has 0 fully saturated rings. The second kappa shape index (κ2) is 6.45. The van der Waals surface area contributed by atoms with Crippen LogP contribution in [0.1, 0.15) is 11.5 Å². The van der Waals surface area contributed by atoms with Crippen molar-refractivity contribution in [1.29, 1.82) is 0 Å². The lowest BCUT2D eigenvalue weighted by Gasteiger charge is -2.03. The van der Waals surface area contributed by atoms with Crippen LogP contribution in [0.3, 0.4) is 0 Å². The first-order valence-electron chi connectivity index (χ1n) is 6.62. The van der Waals surface area contributed by atoms with Crippen molar-refractivity contribution in [3.8, 4) is 11.4 Å². The third kappa shape index (κ3) is 3.92. The Bertz CT molecular complexity index is 787. The van der Waals surface area contributed by atoms with Crippen LogP contribution in [0.2, 0.25) is 0 Å². The summed E-state index contributed by atoms with van der Waals surface area (Å²) in [6.45, 7) is 0. The van der Waals surface area contributed by atoms with Gasteiger partial charge >= 0.3 is 12.1 Å². The lowest BCUT2D eigenvalue weighted by Crippen LogP contribution is -2.04. The summed E-state index contributed by atoms with van der Waals surface area (Å²) in [6, 6.07) is 17.8. The van der Waals surface area contributed by atoms with Gasteiger partial charge in [-0.05, 0) is 17.7 Å². The predicted molar refractivity (Wildman–Crippen MR) is 79.6 cm³/mol. The van der Waals surface area contributed by atoms with Gasteiger partial charge in [0.05, 0.1) is 0 Å². The molecule has 1 radical (unpaired) electrons. The summed E-state index contributed by atoms with van der Waals surface area (Å²) < 4.78 is 41.7. The number of alkyl halides is 3. The van der Waals surface area contributed by atoms with Crippen molar-refractivity contribution in [2.45, 2.75) is 16.8 Å². The van der Waals surface area contributed by atoms with Gasteiger partial charge in [0.1, 0.15) is 0 Å². The van der Waals surface area contributed by atoms with E-state index in [1.807, 2.05) is 30.3 Å². The van der Waals surface area contributed by atoms with E-state index < -0.39 is 12.1 Å². The molecule has 0 atom stereocenters. The fourth-order valence-electron chi connectivity index (χ4n) is 1.86. The predicted octanol–water partition coefficient (Wildman–Crippen LogP) is 4.85. The topological polar surface area (TPSA) is 38.9 Å². The van der Waals surface area contributed by atoms with E-state index in [0.717, 1.165) is 16.2 Å². The van der Waals surface area contributed by atoms with Crippen LogP contribution in [0.4, 0.5) is 13.2 Å². The minimum Gasteiger partial charge on any atom is -0.329 e. The fourth-order valence-corrected chi connectivity index (χ4v) is 2.73. The Hall–Kier alpha value is -2.28. The number of thioether (sulfide) groups is 1. The van der Waals surface area contributed by atoms with E-state index in [4.69, 9.17) is 0 Å². The minimum atomic E-state index is -4.64.